The predicted octanol–water partition coefficient (Wildman–Crippen LogP) is 3.83. The van der Waals surface area contributed by atoms with Crippen molar-refractivity contribution in [3.05, 3.63) is 77.4 Å². The molecule has 6 heteroatoms. The van der Waals surface area contributed by atoms with Crippen LogP contribution < -0.4 is 4.74 Å². The molecule has 4 rings (SSSR count). The Labute approximate surface area is 191 Å². The van der Waals surface area contributed by atoms with Crippen LogP contribution in [0.15, 0.2) is 54.9 Å². The van der Waals surface area contributed by atoms with Crippen LogP contribution >= 0.6 is 0 Å². The highest BCUT2D eigenvalue weighted by Gasteiger charge is 2.17. The first kappa shape index (κ1) is 22.5. The van der Waals surface area contributed by atoms with Gasteiger partial charge in [0.1, 0.15) is 5.75 Å². The van der Waals surface area contributed by atoms with E-state index in [2.05, 4.69) is 57.5 Å². The maximum atomic E-state index is 5.51. The SMILES string of the molecule is COc1ccc(-n2c(C)cc(CN(CCN3CCOCC3)Cc3cccnc3)c2C)cc1. The minimum atomic E-state index is 0.839. The molecule has 0 aliphatic carbocycles. The van der Waals surface area contributed by atoms with Gasteiger partial charge in [-0.3, -0.25) is 14.8 Å². The lowest BCUT2D eigenvalue weighted by Crippen LogP contribution is -2.41. The van der Waals surface area contributed by atoms with Gasteiger partial charge in [-0.1, -0.05) is 6.07 Å². The Bertz CT molecular complexity index is 979. The predicted molar refractivity (Wildman–Crippen MR) is 127 cm³/mol. The Morgan fingerprint density at radius 1 is 1.06 bits per heavy atom. The van der Waals surface area contributed by atoms with Gasteiger partial charge in [0.05, 0.1) is 20.3 Å². The van der Waals surface area contributed by atoms with Crippen LogP contribution in [0, 0.1) is 13.8 Å². The van der Waals surface area contributed by atoms with Gasteiger partial charge in [-0.15, -0.1) is 0 Å². The monoisotopic (exact) mass is 434 g/mol. The van der Waals surface area contributed by atoms with Gasteiger partial charge in [0.15, 0.2) is 0 Å². The first-order chi connectivity index (χ1) is 15.6. The Morgan fingerprint density at radius 3 is 2.53 bits per heavy atom. The van der Waals surface area contributed by atoms with E-state index >= 15 is 0 Å². The van der Waals surface area contributed by atoms with Crippen LogP contribution in [0.3, 0.4) is 0 Å². The zero-order valence-electron chi connectivity index (χ0n) is 19.5. The lowest BCUT2D eigenvalue weighted by atomic mass is 10.2. The second-order valence-corrected chi connectivity index (χ2v) is 8.46. The highest BCUT2D eigenvalue weighted by Crippen LogP contribution is 2.24. The molecule has 0 spiro atoms. The number of ether oxygens (including phenoxy) is 2. The van der Waals surface area contributed by atoms with Gasteiger partial charge in [-0.05, 0) is 61.4 Å². The van der Waals surface area contributed by atoms with Crippen LogP contribution in [0.1, 0.15) is 22.5 Å². The number of nitrogens with zero attached hydrogens (tertiary/aromatic N) is 4. The normalized spacial score (nSPS) is 14.8. The van der Waals surface area contributed by atoms with E-state index in [1.807, 2.05) is 30.6 Å². The molecule has 0 radical (unpaired) electrons. The Hall–Kier alpha value is -2.67. The highest BCUT2D eigenvalue weighted by atomic mass is 16.5. The van der Waals surface area contributed by atoms with Crippen molar-refractivity contribution in [1.82, 2.24) is 19.4 Å². The molecule has 2 aromatic heterocycles. The van der Waals surface area contributed by atoms with E-state index in [1.165, 1.54) is 28.2 Å². The summed E-state index contributed by atoms with van der Waals surface area (Å²) in [4.78, 5) is 9.35. The molecule has 0 saturated carbocycles. The zero-order chi connectivity index (χ0) is 22.3. The van der Waals surface area contributed by atoms with Gasteiger partial charge in [0, 0.05) is 68.7 Å². The smallest absolute Gasteiger partial charge is 0.119 e. The number of pyridine rings is 1. The van der Waals surface area contributed by atoms with Crippen molar-refractivity contribution in [2.45, 2.75) is 26.9 Å². The number of methoxy groups -OCH3 is 1. The van der Waals surface area contributed by atoms with Crippen LogP contribution in [0.5, 0.6) is 5.75 Å². The summed E-state index contributed by atoms with van der Waals surface area (Å²) in [6.45, 7) is 12.0. The van der Waals surface area contributed by atoms with Gasteiger partial charge in [0.25, 0.3) is 0 Å². The second-order valence-electron chi connectivity index (χ2n) is 8.46. The molecule has 170 valence electrons. The first-order valence-electron chi connectivity index (χ1n) is 11.4. The summed E-state index contributed by atoms with van der Waals surface area (Å²) in [5.41, 5.74) is 6.31. The van der Waals surface area contributed by atoms with Crippen molar-refractivity contribution < 1.29 is 9.47 Å². The number of hydrogen-bond donors (Lipinski definition) is 0. The van der Waals surface area contributed by atoms with E-state index in [9.17, 15) is 0 Å². The molecule has 3 aromatic rings. The number of benzene rings is 1. The summed E-state index contributed by atoms with van der Waals surface area (Å²) in [7, 11) is 1.70. The molecule has 1 aromatic carbocycles. The Morgan fingerprint density at radius 2 is 1.84 bits per heavy atom. The zero-order valence-corrected chi connectivity index (χ0v) is 19.5. The fourth-order valence-corrected chi connectivity index (χ4v) is 4.43. The van der Waals surface area contributed by atoms with Crippen LogP contribution in [0.2, 0.25) is 0 Å². The quantitative estimate of drug-likeness (QED) is 0.512. The minimum absolute atomic E-state index is 0.839. The van der Waals surface area contributed by atoms with Gasteiger partial charge in [0.2, 0.25) is 0 Å². The third kappa shape index (κ3) is 5.57. The third-order valence-electron chi connectivity index (χ3n) is 6.23. The van der Waals surface area contributed by atoms with Crippen molar-refractivity contribution in [2.24, 2.45) is 0 Å². The van der Waals surface area contributed by atoms with Crippen molar-refractivity contribution in [3.63, 3.8) is 0 Å². The number of rotatable bonds is 9. The summed E-state index contributed by atoms with van der Waals surface area (Å²) >= 11 is 0. The van der Waals surface area contributed by atoms with E-state index in [0.717, 1.165) is 58.2 Å². The Balaban J connectivity index is 1.52. The average molecular weight is 435 g/mol. The van der Waals surface area contributed by atoms with Crippen LogP contribution in [0.25, 0.3) is 5.69 Å². The summed E-state index contributed by atoms with van der Waals surface area (Å²) in [5.74, 6) is 0.877. The summed E-state index contributed by atoms with van der Waals surface area (Å²) in [5, 5.41) is 0. The topological polar surface area (TPSA) is 42.8 Å². The molecular formula is C26H34N4O2. The molecule has 1 fully saturated rings. The van der Waals surface area contributed by atoms with Gasteiger partial charge < -0.3 is 14.0 Å². The number of hydrogen-bond acceptors (Lipinski definition) is 5. The highest BCUT2D eigenvalue weighted by molar-refractivity contribution is 5.43. The molecule has 1 saturated heterocycles. The van der Waals surface area contributed by atoms with E-state index in [0.29, 0.717) is 0 Å². The van der Waals surface area contributed by atoms with Crippen molar-refractivity contribution in [3.8, 4) is 11.4 Å². The number of aromatic nitrogens is 2. The molecule has 0 bridgehead atoms. The van der Waals surface area contributed by atoms with Crippen LogP contribution in [-0.4, -0.2) is 65.9 Å². The average Bonchev–Trinajstić information content (AvgIpc) is 3.11. The van der Waals surface area contributed by atoms with Crippen LogP contribution in [-0.2, 0) is 17.8 Å². The largest absolute Gasteiger partial charge is 0.497 e. The van der Waals surface area contributed by atoms with Gasteiger partial charge >= 0.3 is 0 Å². The van der Waals surface area contributed by atoms with E-state index in [1.54, 1.807) is 7.11 Å². The second kappa shape index (κ2) is 10.8. The molecule has 6 nitrogen and oxygen atoms in total. The molecule has 32 heavy (non-hydrogen) atoms. The number of aryl methyl sites for hydroxylation is 1. The third-order valence-corrected chi connectivity index (χ3v) is 6.23. The lowest BCUT2D eigenvalue weighted by molar-refractivity contribution is 0.0325. The van der Waals surface area contributed by atoms with Crippen molar-refractivity contribution in [1.29, 1.82) is 0 Å². The Kier molecular flexibility index (Phi) is 7.58. The molecule has 0 atom stereocenters. The molecule has 1 aliphatic heterocycles. The summed E-state index contributed by atoms with van der Waals surface area (Å²) in [6, 6.07) is 14.8. The van der Waals surface area contributed by atoms with E-state index in [-0.39, 0.29) is 0 Å². The maximum Gasteiger partial charge on any atom is 0.119 e. The van der Waals surface area contributed by atoms with Crippen molar-refractivity contribution in [2.75, 3.05) is 46.5 Å². The van der Waals surface area contributed by atoms with Crippen molar-refractivity contribution >= 4 is 0 Å². The minimum Gasteiger partial charge on any atom is -0.497 e. The van der Waals surface area contributed by atoms with E-state index < -0.39 is 0 Å². The number of morpholine rings is 1. The summed E-state index contributed by atoms with van der Waals surface area (Å²) in [6.07, 6.45) is 3.81. The van der Waals surface area contributed by atoms with Gasteiger partial charge in [-0.25, -0.2) is 0 Å². The fourth-order valence-electron chi connectivity index (χ4n) is 4.43. The summed E-state index contributed by atoms with van der Waals surface area (Å²) < 4.78 is 13.2. The molecule has 0 N–H and O–H groups in total. The van der Waals surface area contributed by atoms with E-state index in [4.69, 9.17) is 9.47 Å². The standard InChI is InChI=1S/C26H34N4O2/c1-21-17-24(22(2)30(21)25-6-8-26(31-3)9-7-25)20-29(19-23-5-4-10-27-18-23)12-11-28-13-15-32-16-14-28/h4-10,17-18H,11-16,19-20H2,1-3H3. The first-order valence-corrected chi connectivity index (χ1v) is 11.4. The molecule has 0 unspecified atom stereocenters. The molecular weight excluding hydrogens is 400 g/mol. The maximum absolute atomic E-state index is 5.51. The molecule has 1 aliphatic rings. The van der Waals surface area contributed by atoms with Crippen LogP contribution in [0.4, 0.5) is 0 Å². The van der Waals surface area contributed by atoms with Gasteiger partial charge in [-0.2, -0.15) is 0 Å². The lowest BCUT2D eigenvalue weighted by Gasteiger charge is -2.30. The molecule has 0 amide bonds. The fraction of sp³-hybridized carbons (Fsp3) is 0.423. The molecule has 3 heterocycles.